The summed E-state index contributed by atoms with van der Waals surface area (Å²) in [5.74, 6) is 0.760. The van der Waals surface area contributed by atoms with E-state index in [2.05, 4.69) is 22.7 Å². The number of nitrogens with zero attached hydrogens (tertiary/aromatic N) is 2. The molecule has 0 amide bonds. The molecular weight excluding hydrogens is 296 g/mol. The Morgan fingerprint density at radius 2 is 2.11 bits per heavy atom. The van der Waals surface area contributed by atoms with Crippen molar-refractivity contribution in [3.05, 3.63) is 31.9 Å². The summed E-state index contributed by atoms with van der Waals surface area (Å²) in [4.78, 5) is 11.8. The lowest BCUT2D eigenvalue weighted by molar-refractivity contribution is 0.917. The Labute approximate surface area is 124 Å². The Morgan fingerprint density at radius 3 is 2.89 bits per heavy atom. The molecular formula is C14H11ClN2S2. The van der Waals surface area contributed by atoms with E-state index in [4.69, 9.17) is 16.6 Å². The first-order valence-electron chi connectivity index (χ1n) is 6.25. The summed E-state index contributed by atoms with van der Waals surface area (Å²) in [7, 11) is 0. The van der Waals surface area contributed by atoms with E-state index in [0.29, 0.717) is 5.15 Å². The molecule has 0 fully saturated rings. The summed E-state index contributed by atoms with van der Waals surface area (Å²) >= 11 is 9.88. The zero-order valence-electron chi connectivity index (χ0n) is 10.4. The van der Waals surface area contributed by atoms with Gasteiger partial charge in [-0.15, -0.1) is 11.3 Å². The van der Waals surface area contributed by atoms with Crippen LogP contribution in [0, 0.1) is 6.92 Å². The standard InChI is InChI=1S/C14H11ClN2S2/c1-7-5-18-6-9(7)13-16-12(15)11-8-3-2-4-10(8)19-14(11)17-13/h5-6H,2-4H2,1H3. The van der Waals surface area contributed by atoms with E-state index < -0.39 is 0 Å². The molecule has 0 aliphatic heterocycles. The summed E-state index contributed by atoms with van der Waals surface area (Å²) < 4.78 is 0. The van der Waals surface area contributed by atoms with Crippen LogP contribution in [0.25, 0.3) is 21.6 Å². The van der Waals surface area contributed by atoms with Crippen molar-refractivity contribution in [2.24, 2.45) is 0 Å². The lowest BCUT2D eigenvalue weighted by Crippen LogP contribution is -1.91. The minimum Gasteiger partial charge on any atom is -0.217 e. The molecule has 0 aromatic carbocycles. The van der Waals surface area contributed by atoms with Crippen molar-refractivity contribution in [2.75, 3.05) is 0 Å². The lowest BCUT2D eigenvalue weighted by atomic mass is 10.2. The second-order valence-corrected chi connectivity index (χ2v) is 7.03. The molecule has 1 aliphatic rings. The van der Waals surface area contributed by atoms with Gasteiger partial charge in [-0.05, 0) is 42.7 Å². The van der Waals surface area contributed by atoms with Crippen molar-refractivity contribution in [1.29, 1.82) is 0 Å². The number of fused-ring (bicyclic) bond motifs is 3. The molecule has 3 heterocycles. The number of thiophene rings is 2. The van der Waals surface area contributed by atoms with Gasteiger partial charge in [0.15, 0.2) is 5.82 Å². The normalized spacial score (nSPS) is 14.2. The maximum Gasteiger partial charge on any atom is 0.163 e. The zero-order chi connectivity index (χ0) is 13.0. The van der Waals surface area contributed by atoms with Crippen molar-refractivity contribution in [3.63, 3.8) is 0 Å². The van der Waals surface area contributed by atoms with Gasteiger partial charge in [-0.3, -0.25) is 0 Å². The first-order valence-corrected chi connectivity index (χ1v) is 8.38. The van der Waals surface area contributed by atoms with Gasteiger partial charge in [0.05, 0.1) is 5.39 Å². The molecule has 1 aliphatic carbocycles. The fraction of sp³-hybridized carbons (Fsp3) is 0.286. The first kappa shape index (κ1) is 11.8. The molecule has 3 aromatic heterocycles. The molecule has 0 saturated heterocycles. The number of rotatable bonds is 1. The van der Waals surface area contributed by atoms with E-state index in [9.17, 15) is 0 Å². The summed E-state index contributed by atoms with van der Waals surface area (Å²) in [6, 6.07) is 0. The molecule has 0 unspecified atom stereocenters. The summed E-state index contributed by atoms with van der Waals surface area (Å²) in [5, 5.41) is 5.92. The minimum atomic E-state index is 0.616. The van der Waals surface area contributed by atoms with E-state index in [1.165, 1.54) is 28.8 Å². The van der Waals surface area contributed by atoms with Gasteiger partial charge in [0.25, 0.3) is 0 Å². The average Bonchev–Trinajstić information content (AvgIpc) is 3.02. The third-order valence-electron chi connectivity index (χ3n) is 3.62. The van der Waals surface area contributed by atoms with E-state index in [1.807, 2.05) is 0 Å². The molecule has 0 atom stereocenters. The summed E-state index contributed by atoms with van der Waals surface area (Å²) in [6.07, 6.45) is 3.52. The highest BCUT2D eigenvalue weighted by molar-refractivity contribution is 7.19. The molecule has 5 heteroatoms. The van der Waals surface area contributed by atoms with Crippen LogP contribution in [0.5, 0.6) is 0 Å². The number of hydrogen-bond acceptors (Lipinski definition) is 4. The monoisotopic (exact) mass is 306 g/mol. The Morgan fingerprint density at radius 1 is 1.21 bits per heavy atom. The summed E-state index contributed by atoms with van der Waals surface area (Å²) in [5.41, 5.74) is 3.70. The largest absolute Gasteiger partial charge is 0.217 e. The van der Waals surface area contributed by atoms with Crippen LogP contribution in [0.1, 0.15) is 22.4 Å². The molecule has 0 N–H and O–H groups in total. The average molecular weight is 307 g/mol. The van der Waals surface area contributed by atoms with Crippen LogP contribution < -0.4 is 0 Å². The van der Waals surface area contributed by atoms with Crippen molar-refractivity contribution in [2.45, 2.75) is 26.2 Å². The van der Waals surface area contributed by atoms with Crippen LogP contribution in [0.3, 0.4) is 0 Å². The van der Waals surface area contributed by atoms with Gasteiger partial charge in [-0.25, -0.2) is 9.97 Å². The van der Waals surface area contributed by atoms with Crippen molar-refractivity contribution in [3.8, 4) is 11.4 Å². The molecule has 0 radical (unpaired) electrons. The van der Waals surface area contributed by atoms with Crippen LogP contribution >= 0.6 is 34.3 Å². The first-order chi connectivity index (χ1) is 9.24. The molecule has 0 saturated carbocycles. The van der Waals surface area contributed by atoms with Gasteiger partial charge in [0, 0.05) is 15.8 Å². The van der Waals surface area contributed by atoms with Crippen LogP contribution in [0.4, 0.5) is 0 Å². The Kier molecular flexibility index (Phi) is 2.65. The smallest absolute Gasteiger partial charge is 0.163 e. The molecule has 0 bridgehead atoms. The molecule has 19 heavy (non-hydrogen) atoms. The van der Waals surface area contributed by atoms with Gasteiger partial charge in [-0.2, -0.15) is 11.3 Å². The second-order valence-electron chi connectivity index (χ2n) is 4.84. The zero-order valence-corrected chi connectivity index (χ0v) is 12.8. The SMILES string of the molecule is Cc1cscc1-c1nc(Cl)c2c3c(sc2n1)CCC3. The topological polar surface area (TPSA) is 25.8 Å². The predicted octanol–water partition coefficient (Wildman–Crippen LogP) is 4.87. The van der Waals surface area contributed by atoms with E-state index in [1.54, 1.807) is 22.7 Å². The van der Waals surface area contributed by atoms with Gasteiger partial charge >= 0.3 is 0 Å². The third-order valence-corrected chi connectivity index (χ3v) is 5.94. The number of aromatic nitrogens is 2. The quantitative estimate of drug-likeness (QED) is 0.599. The Bertz CT molecular complexity index is 788. The predicted molar refractivity (Wildman–Crippen MR) is 82.5 cm³/mol. The van der Waals surface area contributed by atoms with Crippen molar-refractivity contribution < 1.29 is 0 Å². The molecule has 96 valence electrons. The highest BCUT2D eigenvalue weighted by Gasteiger charge is 2.22. The van der Waals surface area contributed by atoms with E-state index >= 15 is 0 Å². The van der Waals surface area contributed by atoms with E-state index in [-0.39, 0.29) is 0 Å². The molecule has 0 spiro atoms. The highest BCUT2D eigenvalue weighted by Crippen LogP contribution is 2.40. The Balaban J connectivity index is 1.99. The maximum atomic E-state index is 6.42. The fourth-order valence-electron chi connectivity index (χ4n) is 2.66. The van der Waals surface area contributed by atoms with Crippen molar-refractivity contribution >= 4 is 44.5 Å². The molecule has 2 nitrogen and oxygen atoms in total. The fourth-order valence-corrected chi connectivity index (χ4v) is 5.09. The van der Waals surface area contributed by atoms with Gasteiger partial charge in [0.2, 0.25) is 0 Å². The van der Waals surface area contributed by atoms with Gasteiger partial charge < -0.3 is 0 Å². The number of aryl methyl sites for hydroxylation is 3. The maximum absolute atomic E-state index is 6.42. The molecule has 4 rings (SSSR count). The number of hydrogen-bond donors (Lipinski definition) is 0. The van der Waals surface area contributed by atoms with Gasteiger partial charge in [0.1, 0.15) is 9.98 Å². The Hall–Kier alpha value is -0.970. The minimum absolute atomic E-state index is 0.616. The van der Waals surface area contributed by atoms with E-state index in [0.717, 1.165) is 28.0 Å². The van der Waals surface area contributed by atoms with Crippen LogP contribution in [0.2, 0.25) is 5.15 Å². The third kappa shape index (κ3) is 1.74. The summed E-state index contributed by atoms with van der Waals surface area (Å²) in [6.45, 7) is 2.09. The van der Waals surface area contributed by atoms with Gasteiger partial charge in [-0.1, -0.05) is 11.6 Å². The van der Waals surface area contributed by atoms with Crippen LogP contribution in [0.15, 0.2) is 10.8 Å². The lowest BCUT2D eigenvalue weighted by Gasteiger charge is -2.02. The van der Waals surface area contributed by atoms with Crippen LogP contribution in [-0.4, -0.2) is 9.97 Å². The van der Waals surface area contributed by atoms with Crippen molar-refractivity contribution in [1.82, 2.24) is 9.97 Å². The highest BCUT2D eigenvalue weighted by atomic mass is 35.5. The number of halogens is 1. The van der Waals surface area contributed by atoms with Crippen LogP contribution in [-0.2, 0) is 12.8 Å². The molecule has 3 aromatic rings. The second kappa shape index (κ2) is 4.27.